The molecule has 2 aliphatic heterocycles. The minimum absolute atomic E-state index is 0.00315. The number of nitrogens with zero attached hydrogens (tertiary/aromatic N) is 2. The van der Waals surface area contributed by atoms with Crippen LogP contribution in [0.25, 0.3) is 0 Å². The first-order valence-electron chi connectivity index (χ1n) is 9.16. The summed E-state index contributed by atoms with van der Waals surface area (Å²) in [4.78, 5) is 15.8. The van der Waals surface area contributed by atoms with Gasteiger partial charge in [0.15, 0.2) is 0 Å². The van der Waals surface area contributed by atoms with E-state index in [0.29, 0.717) is 6.61 Å². The summed E-state index contributed by atoms with van der Waals surface area (Å²) in [5.41, 5.74) is -0.0231. The number of ether oxygens (including phenoxy) is 2. The fraction of sp³-hybridized carbons (Fsp3) is 0.737. The van der Waals surface area contributed by atoms with E-state index in [4.69, 9.17) is 13.9 Å². The highest BCUT2D eigenvalue weighted by molar-refractivity contribution is 5.76. The summed E-state index contributed by atoms with van der Waals surface area (Å²) in [6, 6.07) is 4.06. The maximum atomic E-state index is 11.8. The van der Waals surface area contributed by atoms with Crippen molar-refractivity contribution in [2.45, 2.75) is 38.8 Å². The minimum Gasteiger partial charge on any atom is -0.465 e. The van der Waals surface area contributed by atoms with E-state index in [1.165, 1.54) is 0 Å². The summed E-state index contributed by atoms with van der Waals surface area (Å²) in [6.45, 7) is 6.27. The Bertz CT molecular complexity index is 586. The Labute approximate surface area is 150 Å². The molecule has 0 aliphatic carbocycles. The summed E-state index contributed by atoms with van der Waals surface area (Å²) in [5, 5.41) is 0. The molecule has 2 atom stereocenters. The van der Waals surface area contributed by atoms with Crippen molar-refractivity contribution in [3.05, 3.63) is 23.7 Å². The van der Waals surface area contributed by atoms with Crippen molar-refractivity contribution in [2.75, 3.05) is 47.0 Å². The molecule has 2 aliphatic rings. The van der Waals surface area contributed by atoms with E-state index in [0.717, 1.165) is 57.0 Å². The average Bonchev–Trinajstić information content (AvgIpc) is 2.99. The van der Waals surface area contributed by atoms with E-state index in [1.807, 2.05) is 13.0 Å². The van der Waals surface area contributed by atoms with Crippen molar-refractivity contribution in [1.82, 2.24) is 9.80 Å². The average molecular weight is 350 g/mol. The molecule has 1 amide bonds. The Hall–Kier alpha value is -1.37. The molecule has 6 heteroatoms. The number of aryl methyl sites for hydroxylation is 1. The molecule has 0 radical (unpaired) electrons. The Morgan fingerprint density at radius 1 is 1.44 bits per heavy atom. The first-order chi connectivity index (χ1) is 12.0. The zero-order valence-corrected chi connectivity index (χ0v) is 15.6. The highest BCUT2D eigenvalue weighted by Crippen LogP contribution is 2.40. The largest absolute Gasteiger partial charge is 0.465 e. The minimum atomic E-state index is -0.0231. The third-order valence-electron chi connectivity index (χ3n) is 5.36. The number of piperidine rings is 1. The van der Waals surface area contributed by atoms with Gasteiger partial charge in [-0.25, -0.2) is 0 Å². The fourth-order valence-corrected chi connectivity index (χ4v) is 3.99. The number of amides is 1. The molecule has 0 saturated carbocycles. The first kappa shape index (κ1) is 18.4. The van der Waals surface area contributed by atoms with Gasteiger partial charge in [0.1, 0.15) is 18.1 Å². The van der Waals surface area contributed by atoms with Crippen molar-refractivity contribution >= 4 is 5.91 Å². The SMILES string of the molecule is Cc1ccc(CN2CC[C@@H]3OCCC[C@@]3(COCC(=O)N(C)C)C2)o1. The predicted molar refractivity (Wildman–Crippen MR) is 94.3 cm³/mol. The third kappa shape index (κ3) is 4.43. The predicted octanol–water partition coefficient (Wildman–Crippen LogP) is 2.06. The van der Waals surface area contributed by atoms with Crippen LogP contribution in [0.4, 0.5) is 0 Å². The van der Waals surface area contributed by atoms with Crippen molar-refractivity contribution in [3.8, 4) is 0 Å². The van der Waals surface area contributed by atoms with E-state index in [2.05, 4.69) is 11.0 Å². The second-order valence-electron chi connectivity index (χ2n) is 7.62. The maximum absolute atomic E-state index is 11.8. The molecular formula is C19H30N2O4. The van der Waals surface area contributed by atoms with Gasteiger partial charge in [0.2, 0.25) is 5.91 Å². The van der Waals surface area contributed by atoms with E-state index >= 15 is 0 Å². The first-order valence-corrected chi connectivity index (χ1v) is 9.16. The molecule has 0 bridgehead atoms. The number of fused-ring (bicyclic) bond motifs is 1. The number of carbonyl (C=O) groups excluding carboxylic acids is 1. The van der Waals surface area contributed by atoms with Crippen molar-refractivity contribution in [1.29, 1.82) is 0 Å². The maximum Gasteiger partial charge on any atom is 0.248 e. The quantitative estimate of drug-likeness (QED) is 0.786. The van der Waals surface area contributed by atoms with Crippen LogP contribution < -0.4 is 0 Å². The lowest BCUT2D eigenvalue weighted by Gasteiger charge is -2.50. The topological polar surface area (TPSA) is 55.2 Å². The number of carbonyl (C=O) groups is 1. The van der Waals surface area contributed by atoms with Crippen LogP contribution in [0.15, 0.2) is 16.5 Å². The van der Waals surface area contributed by atoms with Gasteiger partial charge in [0.25, 0.3) is 0 Å². The molecular weight excluding hydrogens is 320 g/mol. The lowest BCUT2D eigenvalue weighted by atomic mass is 9.73. The Kier molecular flexibility index (Phi) is 5.81. The molecule has 25 heavy (non-hydrogen) atoms. The van der Waals surface area contributed by atoms with Gasteiger partial charge in [-0.2, -0.15) is 0 Å². The van der Waals surface area contributed by atoms with E-state index in [9.17, 15) is 4.79 Å². The van der Waals surface area contributed by atoms with Crippen LogP contribution in [0.3, 0.4) is 0 Å². The van der Waals surface area contributed by atoms with Gasteiger partial charge < -0.3 is 18.8 Å². The van der Waals surface area contributed by atoms with Gasteiger partial charge in [-0.05, 0) is 38.3 Å². The number of hydrogen-bond donors (Lipinski definition) is 0. The molecule has 1 aromatic rings. The zero-order valence-electron chi connectivity index (χ0n) is 15.6. The Morgan fingerprint density at radius 2 is 2.28 bits per heavy atom. The van der Waals surface area contributed by atoms with Crippen LogP contribution in [-0.2, 0) is 20.8 Å². The lowest BCUT2D eigenvalue weighted by molar-refractivity contribution is -0.160. The molecule has 0 N–H and O–H groups in total. The number of furan rings is 1. The molecule has 2 saturated heterocycles. The van der Waals surface area contributed by atoms with E-state index in [-0.39, 0.29) is 24.0 Å². The van der Waals surface area contributed by atoms with Gasteiger partial charge in [0, 0.05) is 39.2 Å². The van der Waals surface area contributed by atoms with Crippen molar-refractivity contribution in [3.63, 3.8) is 0 Å². The van der Waals surface area contributed by atoms with Crippen LogP contribution in [0.5, 0.6) is 0 Å². The standard InChI is InChI=1S/C19H30N2O4/c1-15-5-6-16(25-15)11-21-9-7-17-19(13-21,8-4-10-24-17)14-23-12-18(22)20(2)3/h5-6,17H,4,7-14H2,1-3H3/t17-,19-/m0/s1. The summed E-state index contributed by atoms with van der Waals surface area (Å²) >= 11 is 0. The molecule has 3 heterocycles. The molecule has 0 unspecified atom stereocenters. The number of likely N-dealkylation sites (tertiary alicyclic amines) is 1. The molecule has 1 aromatic heterocycles. The van der Waals surface area contributed by atoms with Crippen LogP contribution in [-0.4, -0.2) is 68.8 Å². The summed E-state index contributed by atoms with van der Waals surface area (Å²) in [5.74, 6) is 1.96. The van der Waals surface area contributed by atoms with Gasteiger partial charge in [-0.3, -0.25) is 9.69 Å². The van der Waals surface area contributed by atoms with Crippen LogP contribution >= 0.6 is 0 Å². The van der Waals surface area contributed by atoms with Gasteiger partial charge in [-0.1, -0.05) is 0 Å². The smallest absolute Gasteiger partial charge is 0.248 e. The summed E-state index contributed by atoms with van der Waals surface area (Å²) in [6.07, 6.45) is 3.37. The molecule has 0 aromatic carbocycles. The monoisotopic (exact) mass is 350 g/mol. The molecule has 6 nitrogen and oxygen atoms in total. The number of likely N-dealkylation sites (N-methyl/N-ethyl adjacent to an activating group) is 1. The summed E-state index contributed by atoms with van der Waals surface area (Å²) < 4.78 is 17.6. The number of rotatable bonds is 6. The van der Waals surface area contributed by atoms with Gasteiger partial charge in [-0.15, -0.1) is 0 Å². The van der Waals surface area contributed by atoms with Gasteiger partial charge in [0.05, 0.1) is 19.3 Å². The third-order valence-corrected chi connectivity index (χ3v) is 5.36. The Morgan fingerprint density at radius 3 is 3.00 bits per heavy atom. The van der Waals surface area contributed by atoms with Crippen LogP contribution in [0.2, 0.25) is 0 Å². The Balaban J connectivity index is 1.62. The molecule has 2 fully saturated rings. The fourth-order valence-electron chi connectivity index (χ4n) is 3.99. The van der Waals surface area contributed by atoms with Crippen molar-refractivity contribution in [2.24, 2.45) is 5.41 Å². The second-order valence-corrected chi connectivity index (χ2v) is 7.62. The number of hydrogen-bond acceptors (Lipinski definition) is 5. The van der Waals surface area contributed by atoms with E-state index in [1.54, 1.807) is 19.0 Å². The molecule has 140 valence electrons. The molecule has 0 spiro atoms. The summed E-state index contributed by atoms with van der Waals surface area (Å²) in [7, 11) is 3.51. The second kappa shape index (κ2) is 7.89. The van der Waals surface area contributed by atoms with Crippen LogP contribution in [0.1, 0.15) is 30.8 Å². The zero-order chi connectivity index (χ0) is 17.9. The normalized spacial score (nSPS) is 27.1. The van der Waals surface area contributed by atoms with E-state index < -0.39 is 0 Å². The lowest BCUT2D eigenvalue weighted by Crippen LogP contribution is -2.56. The highest BCUT2D eigenvalue weighted by Gasteiger charge is 2.46. The van der Waals surface area contributed by atoms with Crippen LogP contribution in [0, 0.1) is 12.3 Å². The van der Waals surface area contributed by atoms with Crippen molar-refractivity contribution < 1.29 is 18.7 Å². The highest BCUT2D eigenvalue weighted by atomic mass is 16.5. The molecule has 3 rings (SSSR count). The van der Waals surface area contributed by atoms with Gasteiger partial charge >= 0.3 is 0 Å².